The van der Waals surface area contributed by atoms with Gasteiger partial charge in [0, 0.05) is 0 Å². The van der Waals surface area contributed by atoms with Crippen LogP contribution in [0.15, 0.2) is 0 Å². The van der Waals surface area contributed by atoms with Crippen molar-refractivity contribution >= 4 is 18.4 Å². The smallest absolute Gasteiger partial charge is 0.307 e. The number of piperidine rings is 1. The van der Waals surface area contributed by atoms with Crippen LogP contribution in [0.2, 0.25) is 0 Å². The van der Waals surface area contributed by atoms with Gasteiger partial charge in [-0.05, 0) is 37.8 Å². The summed E-state index contributed by atoms with van der Waals surface area (Å²) in [5.74, 6) is -0.614. The number of carbonyl (C=O) groups is 1. The summed E-state index contributed by atoms with van der Waals surface area (Å²) in [7, 11) is 0. The van der Waals surface area contributed by atoms with E-state index in [-0.39, 0.29) is 23.7 Å². The molecule has 70 valence electrons. The van der Waals surface area contributed by atoms with Gasteiger partial charge in [0.15, 0.2) is 0 Å². The molecule has 1 spiro atoms. The van der Waals surface area contributed by atoms with Crippen molar-refractivity contribution in [1.82, 2.24) is 5.32 Å². The van der Waals surface area contributed by atoms with Crippen LogP contribution in [0, 0.1) is 11.3 Å². The molecule has 1 atom stereocenters. The standard InChI is InChI=1S/C8H13NO2.ClH/c10-7(11)6-5-8(6)1-3-9-4-2-8;/h6,9H,1-5H2,(H,10,11);1H/t6-;/m1./s1. The van der Waals surface area contributed by atoms with Crippen molar-refractivity contribution in [2.45, 2.75) is 19.3 Å². The van der Waals surface area contributed by atoms with Crippen molar-refractivity contribution in [3.63, 3.8) is 0 Å². The molecule has 12 heavy (non-hydrogen) atoms. The number of carboxylic acids is 1. The molecule has 1 aliphatic carbocycles. The van der Waals surface area contributed by atoms with E-state index < -0.39 is 5.97 Å². The summed E-state index contributed by atoms with van der Waals surface area (Å²) >= 11 is 0. The van der Waals surface area contributed by atoms with Gasteiger partial charge < -0.3 is 10.4 Å². The van der Waals surface area contributed by atoms with Crippen LogP contribution in [0.25, 0.3) is 0 Å². The molecule has 2 rings (SSSR count). The third kappa shape index (κ3) is 1.43. The number of halogens is 1. The first-order chi connectivity index (χ1) is 5.25. The number of hydrogen-bond donors (Lipinski definition) is 2. The summed E-state index contributed by atoms with van der Waals surface area (Å²) < 4.78 is 0. The van der Waals surface area contributed by atoms with Crippen molar-refractivity contribution < 1.29 is 9.90 Å². The van der Waals surface area contributed by atoms with Gasteiger partial charge in [-0.3, -0.25) is 4.79 Å². The average Bonchev–Trinajstić information content (AvgIpc) is 2.66. The third-order valence-electron chi connectivity index (χ3n) is 3.09. The summed E-state index contributed by atoms with van der Waals surface area (Å²) in [6.45, 7) is 2.01. The normalized spacial score (nSPS) is 30.8. The van der Waals surface area contributed by atoms with E-state index in [1.54, 1.807) is 0 Å². The van der Waals surface area contributed by atoms with E-state index in [9.17, 15) is 4.79 Å². The van der Waals surface area contributed by atoms with Crippen LogP contribution < -0.4 is 5.32 Å². The maximum atomic E-state index is 10.6. The number of aliphatic carboxylic acids is 1. The van der Waals surface area contributed by atoms with E-state index in [0.717, 1.165) is 32.4 Å². The molecule has 2 fully saturated rings. The molecule has 1 aliphatic heterocycles. The van der Waals surface area contributed by atoms with Crippen LogP contribution in [0.5, 0.6) is 0 Å². The summed E-state index contributed by atoms with van der Waals surface area (Å²) in [6, 6.07) is 0. The second-order valence-corrected chi connectivity index (χ2v) is 3.71. The summed E-state index contributed by atoms with van der Waals surface area (Å²) in [5.41, 5.74) is 0.205. The molecule has 3 nitrogen and oxygen atoms in total. The van der Waals surface area contributed by atoms with Gasteiger partial charge in [0.2, 0.25) is 0 Å². The lowest BCUT2D eigenvalue weighted by atomic mass is 9.92. The molecule has 2 N–H and O–H groups in total. The fraction of sp³-hybridized carbons (Fsp3) is 0.875. The fourth-order valence-electron chi connectivity index (χ4n) is 2.17. The maximum Gasteiger partial charge on any atom is 0.307 e. The van der Waals surface area contributed by atoms with Gasteiger partial charge in [0.05, 0.1) is 5.92 Å². The minimum atomic E-state index is -0.591. The zero-order chi connectivity index (χ0) is 7.90. The Kier molecular flexibility index (Phi) is 2.64. The molecule has 1 heterocycles. The van der Waals surface area contributed by atoms with E-state index in [2.05, 4.69) is 5.32 Å². The SMILES string of the molecule is Cl.O=C(O)[C@H]1CC12CCNCC2. The van der Waals surface area contributed by atoms with E-state index in [1.807, 2.05) is 0 Å². The van der Waals surface area contributed by atoms with E-state index in [1.165, 1.54) is 0 Å². The van der Waals surface area contributed by atoms with E-state index >= 15 is 0 Å². The van der Waals surface area contributed by atoms with Gasteiger partial charge >= 0.3 is 5.97 Å². The largest absolute Gasteiger partial charge is 0.481 e. The average molecular weight is 192 g/mol. The molecule has 0 bridgehead atoms. The van der Waals surface area contributed by atoms with Crippen LogP contribution in [-0.2, 0) is 4.79 Å². The van der Waals surface area contributed by atoms with Crippen LogP contribution in [0.4, 0.5) is 0 Å². The monoisotopic (exact) mass is 191 g/mol. The molecule has 1 saturated carbocycles. The van der Waals surface area contributed by atoms with Crippen molar-refractivity contribution in [1.29, 1.82) is 0 Å². The third-order valence-corrected chi connectivity index (χ3v) is 3.09. The number of rotatable bonds is 1. The molecular formula is C8H14ClNO2. The van der Waals surface area contributed by atoms with Crippen LogP contribution in [0.3, 0.4) is 0 Å². The van der Waals surface area contributed by atoms with E-state index in [4.69, 9.17) is 5.11 Å². The van der Waals surface area contributed by atoms with Crippen molar-refractivity contribution in [3.8, 4) is 0 Å². The number of nitrogens with one attached hydrogen (secondary N) is 1. The highest BCUT2D eigenvalue weighted by molar-refractivity contribution is 5.85. The predicted octanol–water partition coefficient (Wildman–Crippen LogP) is 0.882. The molecule has 0 aromatic heterocycles. The topological polar surface area (TPSA) is 49.3 Å². The van der Waals surface area contributed by atoms with E-state index in [0.29, 0.717) is 0 Å². The maximum absolute atomic E-state index is 10.6. The summed E-state index contributed by atoms with van der Waals surface area (Å²) in [5, 5.41) is 12.0. The lowest BCUT2D eigenvalue weighted by Crippen LogP contribution is -2.30. The Bertz CT molecular complexity index is 189. The lowest BCUT2D eigenvalue weighted by molar-refractivity contribution is -0.139. The fourth-order valence-corrected chi connectivity index (χ4v) is 2.17. The molecule has 0 aromatic carbocycles. The van der Waals surface area contributed by atoms with Gasteiger partial charge in [0.25, 0.3) is 0 Å². The second-order valence-electron chi connectivity index (χ2n) is 3.71. The lowest BCUT2D eigenvalue weighted by Gasteiger charge is -2.22. The molecule has 0 radical (unpaired) electrons. The molecule has 4 heteroatoms. The van der Waals surface area contributed by atoms with Crippen molar-refractivity contribution in [2.24, 2.45) is 11.3 Å². The Hall–Kier alpha value is -0.280. The van der Waals surface area contributed by atoms with Gasteiger partial charge in [-0.2, -0.15) is 0 Å². The zero-order valence-electron chi connectivity index (χ0n) is 6.88. The van der Waals surface area contributed by atoms with Gasteiger partial charge in [-0.25, -0.2) is 0 Å². The molecular weight excluding hydrogens is 178 g/mol. The molecule has 0 aromatic rings. The first-order valence-electron chi connectivity index (χ1n) is 4.18. The van der Waals surface area contributed by atoms with Crippen molar-refractivity contribution in [3.05, 3.63) is 0 Å². The Labute approximate surface area is 77.9 Å². The molecule has 0 unspecified atom stereocenters. The quantitative estimate of drug-likeness (QED) is 0.647. The predicted molar refractivity (Wildman–Crippen MR) is 47.5 cm³/mol. The Morgan fingerprint density at radius 2 is 2.00 bits per heavy atom. The number of hydrogen-bond acceptors (Lipinski definition) is 2. The molecule has 1 saturated heterocycles. The first kappa shape index (κ1) is 9.81. The molecule has 2 aliphatic rings. The van der Waals surface area contributed by atoms with Crippen LogP contribution in [0.1, 0.15) is 19.3 Å². The van der Waals surface area contributed by atoms with Crippen LogP contribution in [-0.4, -0.2) is 24.2 Å². The summed E-state index contributed by atoms with van der Waals surface area (Å²) in [6.07, 6.45) is 3.04. The minimum absolute atomic E-state index is 0. The number of carboxylic acid groups (broad SMARTS) is 1. The zero-order valence-corrected chi connectivity index (χ0v) is 7.69. The second kappa shape index (κ2) is 3.23. The van der Waals surface area contributed by atoms with Crippen molar-refractivity contribution in [2.75, 3.05) is 13.1 Å². The Balaban J connectivity index is 0.000000720. The highest BCUT2D eigenvalue weighted by Gasteiger charge is 2.57. The molecule has 0 amide bonds. The summed E-state index contributed by atoms with van der Waals surface area (Å²) in [4.78, 5) is 10.6. The highest BCUT2D eigenvalue weighted by atomic mass is 35.5. The van der Waals surface area contributed by atoms with Gasteiger partial charge in [-0.15, -0.1) is 12.4 Å². The minimum Gasteiger partial charge on any atom is -0.481 e. The van der Waals surface area contributed by atoms with Gasteiger partial charge in [-0.1, -0.05) is 0 Å². The Morgan fingerprint density at radius 3 is 2.42 bits per heavy atom. The highest BCUT2D eigenvalue weighted by Crippen LogP contribution is 2.58. The Morgan fingerprint density at radius 1 is 1.42 bits per heavy atom. The first-order valence-corrected chi connectivity index (χ1v) is 4.18. The van der Waals surface area contributed by atoms with Crippen LogP contribution >= 0.6 is 12.4 Å². The van der Waals surface area contributed by atoms with Gasteiger partial charge in [0.1, 0.15) is 0 Å².